The van der Waals surface area contributed by atoms with E-state index in [-0.39, 0.29) is 37.7 Å². The largest absolute Gasteiger partial charge is 1.00 e. The molecule has 0 aliphatic rings. The molecule has 0 unspecified atom stereocenters. The van der Waals surface area contributed by atoms with E-state index >= 15 is 0 Å². The fraction of sp³-hybridized carbons (Fsp3) is 0.125. The Balaban J connectivity index is 0. The van der Waals surface area contributed by atoms with Crippen molar-refractivity contribution in [3.63, 3.8) is 0 Å². The Morgan fingerprint density at radius 3 is 2.09 bits per heavy atom. The van der Waals surface area contributed by atoms with Crippen LogP contribution < -0.4 is 37.7 Å². The zero-order valence-corrected chi connectivity index (χ0v) is 7.95. The predicted octanol–water partition coefficient (Wildman–Crippen LogP) is -4.08. The molecule has 0 heterocycles. The van der Waals surface area contributed by atoms with E-state index < -0.39 is 0 Å². The van der Waals surface area contributed by atoms with Crippen LogP contribution in [0.2, 0.25) is 0 Å². The van der Waals surface area contributed by atoms with Gasteiger partial charge in [-0.3, -0.25) is 0 Å². The van der Waals surface area contributed by atoms with Gasteiger partial charge in [-0.2, -0.15) is 29.9 Å². The van der Waals surface area contributed by atoms with Crippen molar-refractivity contribution in [3.05, 3.63) is 42.3 Å². The van der Waals surface area contributed by atoms with Gasteiger partial charge in [0.2, 0.25) is 0 Å². The molecule has 48 valence electrons. The van der Waals surface area contributed by atoms with Crippen molar-refractivity contribution < 1.29 is 37.7 Å². The topological polar surface area (TPSA) is 0 Å². The summed E-state index contributed by atoms with van der Waals surface area (Å²) in [6.45, 7) is 3.82. The second-order valence-corrected chi connectivity index (χ2v) is 2.20. The second-order valence-electron chi connectivity index (χ2n) is 1.91. The first-order valence-electron chi connectivity index (χ1n) is 2.82. The Kier molecular flexibility index (Phi) is 9.40. The first kappa shape index (κ1) is 14.2. The molecule has 0 radical (unpaired) electrons. The molecule has 0 aliphatic heterocycles. The summed E-state index contributed by atoms with van der Waals surface area (Å²) in [5.41, 5.74) is 2.21. The Morgan fingerprint density at radius 1 is 1.18 bits per heavy atom. The molecule has 0 aromatic heterocycles. The maximum absolute atomic E-state index is 4.87. The van der Waals surface area contributed by atoms with E-state index in [9.17, 15) is 0 Å². The van der Waals surface area contributed by atoms with Gasteiger partial charge in [-0.25, -0.2) is 0 Å². The molecule has 0 N–H and O–H groups in total. The zero-order chi connectivity index (χ0) is 6.69. The molecule has 3 heteroatoms. The summed E-state index contributed by atoms with van der Waals surface area (Å²) in [5, 5.41) is 0. The summed E-state index contributed by atoms with van der Waals surface area (Å²) < 4.78 is 0. The third-order valence-corrected chi connectivity index (χ3v) is 1.58. The summed E-state index contributed by atoms with van der Waals surface area (Å²) in [4.78, 5) is 0. The molecule has 0 bridgehead atoms. The van der Waals surface area contributed by atoms with Crippen LogP contribution >= 0.6 is 0 Å². The van der Waals surface area contributed by atoms with Crippen LogP contribution in [-0.2, 0) is 18.4 Å². The molecule has 11 heavy (non-hydrogen) atoms. The fourth-order valence-corrected chi connectivity index (χ4v) is 0.980. The molecule has 1 aromatic rings. The fourth-order valence-electron chi connectivity index (χ4n) is 0.698. The standard InChI is InChI=1S/C8H9S.2Li/c1-7-4-2-3-5-8(7)6-9;;/h2-5,9H,1,6H2;;/q-1;2*+1/p-1. The van der Waals surface area contributed by atoms with E-state index in [1.165, 1.54) is 0 Å². The predicted molar refractivity (Wildman–Crippen MR) is 42.0 cm³/mol. The first-order valence-corrected chi connectivity index (χ1v) is 3.40. The maximum Gasteiger partial charge on any atom is 1.00 e. The van der Waals surface area contributed by atoms with Crippen molar-refractivity contribution in [1.29, 1.82) is 0 Å². The average molecular weight is 150 g/mol. The van der Waals surface area contributed by atoms with Gasteiger partial charge < -0.3 is 12.6 Å². The molecular weight excluding hydrogens is 142 g/mol. The molecule has 0 fully saturated rings. The van der Waals surface area contributed by atoms with Gasteiger partial charge in [-0.1, -0.05) is 6.07 Å². The number of hydrogen-bond donors (Lipinski definition) is 0. The van der Waals surface area contributed by atoms with E-state index in [2.05, 4.69) is 6.92 Å². The van der Waals surface area contributed by atoms with Crippen LogP contribution in [-0.4, -0.2) is 0 Å². The molecule has 0 spiro atoms. The van der Waals surface area contributed by atoms with Crippen LogP contribution in [0.1, 0.15) is 11.1 Å². The summed E-state index contributed by atoms with van der Waals surface area (Å²) >= 11 is 4.87. The van der Waals surface area contributed by atoms with Gasteiger partial charge in [0.15, 0.2) is 0 Å². The van der Waals surface area contributed by atoms with Crippen LogP contribution in [0.3, 0.4) is 0 Å². The number of rotatable bonds is 1. The average Bonchev–Trinajstić information content (AvgIpc) is 1.89. The SMILES string of the molecule is [CH2-]c1ccccc1C[S-].[Li+].[Li+]. The van der Waals surface area contributed by atoms with Gasteiger partial charge >= 0.3 is 37.7 Å². The molecule has 0 aliphatic carbocycles. The van der Waals surface area contributed by atoms with Crippen LogP contribution in [0.15, 0.2) is 24.3 Å². The third-order valence-electron chi connectivity index (χ3n) is 1.27. The van der Waals surface area contributed by atoms with E-state index in [0.29, 0.717) is 5.75 Å². The Hall–Kier alpha value is 0.635. The minimum Gasteiger partial charge on any atom is -0.800 e. The molecule has 0 saturated carbocycles. The van der Waals surface area contributed by atoms with Gasteiger partial charge in [-0.15, -0.1) is 12.1 Å². The molecule has 0 atom stereocenters. The summed E-state index contributed by atoms with van der Waals surface area (Å²) in [6.07, 6.45) is 0. The van der Waals surface area contributed by atoms with Crippen LogP contribution in [0, 0.1) is 6.92 Å². The summed E-state index contributed by atoms with van der Waals surface area (Å²) in [6, 6.07) is 7.93. The van der Waals surface area contributed by atoms with Crippen molar-refractivity contribution in [2.75, 3.05) is 0 Å². The van der Waals surface area contributed by atoms with Gasteiger partial charge in [-0.05, 0) is 0 Å². The normalized spacial score (nSPS) is 7.73. The Bertz CT molecular complexity index is 201. The molecule has 0 nitrogen and oxygen atoms in total. The van der Waals surface area contributed by atoms with Gasteiger partial charge in [0.1, 0.15) is 0 Å². The monoisotopic (exact) mass is 150 g/mol. The summed E-state index contributed by atoms with van der Waals surface area (Å²) in [7, 11) is 0. The number of hydrogen-bond acceptors (Lipinski definition) is 1. The van der Waals surface area contributed by atoms with Crippen LogP contribution in [0.4, 0.5) is 0 Å². The molecular formula is C8H8Li2S. The Labute approximate surface area is 97.9 Å². The minimum atomic E-state index is 0. The van der Waals surface area contributed by atoms with Crippen LogP contribution in [0.5, 0.6) is 0 Å². The number of benzene rings is 1. The maximum atomic E-state index is 4.87. The first-order chi connectivity index (χ1) is 4.34. The van der Waals surface area contributed by atoms with Crippen molar-refractivity contribution in [2.45, 2.75) is 5.75 Å². The van der Waals surface area contributed by atoms with Crippen molar-refractivity contribution in [1.82, 2.24) is 0 Å². The van der Waals surface area contributed by atoms with Crippen molar-refractivity contribution in [2.24, 2.45) is 0 Å². The van der Waals surface area contributed by atoms with Crippen molar-refractivity contribution >= 4 is 12.6 Å². The molecule has 1 aromatic carbocycles. The second kappa shape index (κ2) is 7.29. The molecule has 0 amide bonds. The molecule has 0 saturated heterocycles. The quantitative estimate of drug-likeness (QED) is 0.223. The minimum absolute atomic E-state index is 0. The van der Waals surface area contributed by atoms with Crippen molar-refractivity contribution in [3.8, 4) is 0 Å². The van der Waals surface area contributed by atoms with Gasteiger partial charge in [0.25, 0.3) is 0 Å². The van der Waals surface area contributed by atoms with E-state index in [1.54, 1.807) is 0 Å². The van der Waals surface area contributed by atoms with E-state index in [1.807, 2.05) is 24.3 Å². The zero-order valence-electron chi connectivity index (χ0n) is 7.13. The third kappa shape index (κ3) is 4.27. The summed E-state index contributed by atoms with van der Waals surface area (Å²) in [5.74, 6) is 0.666. The van der Waals surface area contributed by atoms with Crippen LogP contribution in [0.25, 0.3) is 0 Å². The van der Waals surface area contributed by atoms with Gasteiger partial charge in [0, 0.05) is 0 Å². The molecule has 1 rings (SSSR count). The van der Waals surface area contributed by atoms with E-state index in [4.69, 9.17) is 12.6 Å². The Morgan fingerprint density at radius 2 is 1.73 bits per heavy atom. The van der Waals surface area contributed by atoms with Gasteiger partial charge in [0.05, 0.1) is 0 Å². The van der Waals surface area contributed by atoms with E-state index in [0.717, 1.165) is 11.1 Å². The smallest absolute Gasteiger partial charge is 0.800 e.